The van der Waals surface area contributed by atoms with Gasteiger partial charge in [0.15, 0.2) is 6.61 Å². The Bertz CT molecular complexity index is 388. The average Bonchev–Trinajstić information content (AvgIpc) is 2.28. The third-order valence-electron chi connectivity index (χ3n) is 2.51. The van der Waals surface area contributed by atoms with Crippen LogP contribution < -0.4 is 10.1 Å². The lowest BCUT2D eigenvalue weighted by atomic mass is 10.1. The molecule has 1 atom stereocenters. The number of aryl methyl sites for hydroxylation is 1. The fourth-order valence-corrected chi connectivity index (χ4v) is 1.34. The maximum Gasteiger partial charge on any atom is 0.258 e. The molecule has 0 fully saturated rings. The number of hydrogen-bond acceptors (Lipinski definition) is 3. The van der Waals surface area contributed by atoms with Crippen molar-refractivity contribution in [3.63, 3.8) is 0 Å². The summed E-state index contributed by atoms with van der Waals surface area (Å²) >= 11 is 0. The summed E-state index contributed by atoms with van der Waals surface area (Å²) in [6.45, 7) is 5.78. The molecular formula is C13H19NO3. The third kappa shape index (κ3) is 4.44. The minimum atomic E-state index is -0.542. The van der Waals surface area contributed by atoms with Crippen LogP contribution in [0.15, 0.2) is 18.2 Å². The zero-order valence-corrected chi connectivity index (χ0v) is 10.5. The van der Waals surface area contributed by atoms with Crippen molar-refractivity contribution in [2.24, 2.45) is 0 Å². The van der Waals surface area contributed by atoms with Gasteiger partial charge in [-0.1, -0.05) is 12.1 Å². The van der Waals surface area contributed by atoms with E-state index in [9.17, 15) is 4.79 Å². The first-order chi connectivity index (χ1) is 8.00. The average molecular weight is 237 g/mol. The Kier molecular flexibility index (Phi) is 4.97. The van der Waals surface area contributed by atoms with Gasteiger partial charge in [0, 0.05) is 6.54 Å². The first kappa shape index (κ1) is 13.5. The number of carbonyl (C=O) groups is 1. The van der Waals surface area contributed by atoms with E-state index in [-0.39, 0.29) is 19.1 Å². The lowest BCUT2D eigenvalue weighted by Gasteiger charge is -2.11. The largest absolute Gasteiger partial charge is 0.483 e. The molecule has 0 bridgehead atoms. The van der Waals surface area contributed by atoms with E-state index in [2.05, 4.69) is 5.32 Å². The zero-order chi connectivity index (χ0) is 12.8. The predicted octanol–water partition coefficient (Wildman–Crippen LogP) is 1.18. The fourth-order valence-electron chi connectivity index (χ4n) is 1.34. The van der Waals surface area contributed by atoms with Gasteiger partial charge in [-0.3, -0.25) is 4.79 Å². The second kappa shape index (κ2) is 6.25. The van der Waals surface area contributed by atoms with Gasteiger partial charge in [0.2, 0.25) is 0 Å². The Labute approximate surface area is 102 Å². The molecule has 0 spiro atoms. The van der Waals surface area contributed by atoms with E-state index in [1.54, 1.807) is 6.92 Å². The molecule has 0 saturated heterocycles. The van der Waals surface area contributed by atoms with Crippen LogP contribution in [0.1, 0.15) is 18.1 Å². The lowest BCUT2D eigenvalue weighted by Crippen LogP contribution is -2.34. The van der Waals surface area contributed by atoms with Crippen molar-refractivity contribution in [3.8, 4) is 5.75 Å². The summed E-state index contributed by atoms with van der Waals surface area (Å²) in [7, 11) is 0. The van der Waals surface area contributed by atoms with Crippen LogP contribution >= 0.6 is 0 Å². The zero-order valence-electron chi connectivity index (χ0n) is 10.5. The SMILES string of the molecule is Cc1cccc(OCC(=O)NCC(C)O)c1C. The maximum absolute atomic E-state index is 11.4. The minimum Gasteiger partial charge on any atom is -0.483 e. The Hall–Kier alpha value is -1.55. The first-order valence-electron chi connectivity index (χ1n) is 5.64. The predicted molar refractivity (Wildman–Crippen MR) is 66.1 cm³/mol. The van der Waals surface area contributed by atoms with Crippen LogP contribution in [-0.4, -0.2) is 30.3 Å². The molecule has 0 aliphatic heterocycles. The number of amides is 1. The highest BCUT2D eigenvalue weighted by atomic mass is 16.5. The number of ether oxygens (including phenoxy) is 1. The normalized spacial score (nSPS) is 12.0. The number of aliphatic hydroxyl groups excluding tert-OH is 1. The quantitative estimate of drug-likeness (QED) is 0.808. The highest BCUT2D eigenvalue weighted by Gasteiger charge is 2.06. The highest BCUT2D eigenvalue weighted by molar-refractivity contribution is 5.77. The Morgan fingerprint density at radius 3 is 2.82 bits per heavy atom. The van der Waals surface area contributed by atoms with E-state index in [0.29, 0.717) is 0 Å². The third-order valence-corrected chi connectivity index (χ3v) is 2.51. The van der Waals surface area contributed by atoms with Gasteiger partial charge in [0.05, 0.1) is 6.10 Å². The molecule has 1 aromatic rings. The number of nitrogens with one attached hydrogen (secondary N) is 1. The van der Waals surface area contributed by atoms with Crippen molar-refractivity contribution in [3.05, 3.63) is 29.3 Å². The molecule has 0 saturated carbocycles. The molecule has 1 amide bonds. The molecule has 0 radical (unpaired) electrons. The van der Waals surface area contributed by atoms with Crippen LogP contribution in [0.25, 0.3) is 0 Å². The molecule has 94 valence electrons. The number of carbonyl (C=O) groups excluding carboxylic acids is 1. The van der Waals surface area contributed by atoms with Gasteiger partial charge in [-0.15, -0.1) is 0 Å². The molecule has 2 N–H and O–H groups in total. The lowest BCUT2D eigenvalue weighted by molar-refractivity contribution is -0.123. The molecule has 0 heterocycles. The van der Waals surface area contributed by atoms with Crippen molar-refractivity contribution in [1.82, 2.24) is 5.32 Å². The maximum atomic E-state index is 11.4. The molecule has 0 aliphatic rings. The summed E-state index contributed by atoms with van der Waals surface area (Å²) in [6, 6.07) is 5.73. The molecule has 1 aromatic carbocycles. The summed E-state index contributed by atoms with van der Waals surface area (Å²) in [6.07, 6.45) is -0.542. The van der Waals surface area contributed by atoms with Crippen LogP contribution in [0.4, 0.5) is 0 Å². The molecule has 1 rings (SSSR count). The summed E-state index contributed by atoms with van der Waals surface area (Å²) in [5.41, 5.74) is 2.17. The van der Waals surface area contributed by atoms with Gasteiger partial charge in [-0.25, -0.2) is 0 Å². The van der Waals surface area contributed by atoms with Gasteiger partial charge in [-0.2, -0.15) is 0 Å². The van der Waals surface area contributed by atoms with Gasteiger partial charge in [0.25, 0.3) is 5.91 Å². The van der Waals surface area contributed by atoms with Crippen molar-refractivity contribution >= 4 is 5.91 Å². The fraction of sp³-hybridized carbons (Fsp3) is 0.462. The van der Waals surface area contributed by atoms with E-state index in [1.165, 1.54) is 0 Å². The Morgan fingerprint density at radius 2 is 2.18 bits per heavy atom. The summed E-state index contributed by atoms with van der Waals surface area (Å²) in [5, 5.41) is 11.6. The molecule has 0 aliphatic carbocycles. The van der Waals surface area contributed by atoms with E-state index in [1.807, 2.05) is 32.0 Å². The summed E-state index contributed by atoms with van der Waals surface area (Å²) < 4.78 is 5.42. The van der Waals surface area contributed by atoms with Crippen molar-refractivity contribution in [1.29, 1.82) is 0 Å². The molecule has 4 heteroatoms. The van der Waals surface area contributed by atoms with Gasteiger partial charge in [0.1, 0.15) is 5.75 Å². The number of benzene rings is 1. The van der Waals surface area contributed by atoms with Crippen LogP contribution in [0.2, 0.25) is 0 Å². The number of rotatable bonds is 5. The van der Waals surface area contributed by atoms with E-state index in [0.717, 1.165) is 16.9 Å². The Morgan fingerprint density at radius 1 is 1.47 bits per heavy atom. The van der Waals surface area contributed by atoms with Crippen LogP contribution in [0.3, 0.4) is 0 Å². The summed E-state index contributed by atoms with van der Waals surface area (Å²) in [4.78, 5) is 11.4. The Balaban J connectivity index is 2.45. The van der Waals surface area contributed by atoms with Crippen LogP contribution in [0, 0.1) is 13.8 Å². The number of hydrogen-bond donors (Lipinski definition) is 2. The van der Waals surface area contributed by atoms with Crippen molar-refractivity contribution < 1.29 is 14.6 Å². The number of aliphatic hydroxyl groups is 1. The van der Waals surface area contributed by atoms with Crippen LogP contribution in [0.5, 0.6) is 5.75 Å². The van der Waals surface area contributed by atoms with E-state index < -0.39 is 6.10 Å². The van der Waals surface area contributed by atoms with Gasteiger partial charge < -0.3 is 15.2 Å². The second-order valence-corrected chi connectivity index (χ2v) is 4.14. The van der Waals surface area contributed by atoms with Gasteiger partial charge in [-0.05, 0) is 38.0 Å². The molecule has 0 aromatic heterocycles. The molecule has 17 heavy (non-hydrogen) atoms. The van der Waals surface area contributed by atoms with E-state index >= 15 is 0 Å². The molecular weight excluding hydrogens is 218 g/mol. The van der Waals surface area contributed by atoms with E-state index in [4.69, 9.17) is 9.84 Å². The second-order valence-electron chi connectivity index (χ2n) is 4.14. The highest BCUT2D eigenvalue weighted by Crippen LogP contribution is 2.20. The van der Waals surface area contributed by atoms with Crippen molar-refractivity contribution in [2.45, 2.75) is 26.9 Å². The minimum absolute atomic E-state index is 0.0307. The van der Waals surface area contributed by atoms with Crippen molar-refractivity contribution in [2.75, 3.05) is 13.2 Å². The summed E-state index contributed by atoms with van der Waals surface area (Å²) in [5.74, 6) is 0.490. The monoisotopic (exact) mass is 237 g/mol. The van der Waals surface area contributed by atoms with Crippen LogP contribution in [-0.2, 0) is 4.79 Å². The molecule has 4 nitrogen and oxygen atoms in total. The first-order valence-corrected chi connectivity index (χ1v) is 5.64. The molecule has 1 unspecified atom stereocenters. The topological polar surface area (TPSA) is 58.6 Å². The smallest absolute Gasteiger partial charge is 0.258 e. The van der Waals surface area contributed by atoms with Gasteiger partial charge >= 0.3 is 0 Å². The standard InChI is InChI=1S/C13H19NO3/c1-9-5-4-6-12(11(9)3)17-8-13(16)14-7-10(2)15/h4-6,10,15H,7-8H2,1-3H3,(H,14,16).